The Morgan fingerprint density at radius 2 is 2.10 bits per heavy atom. The summed E-state index contributed by atoms with van der Waals surface area (Å²) in [5.41, 5.74) is 7.95. The summed E-state index contributed by atoms with van der Waals surface area (Å²) in [5.74, 6) is 0.686. The molecule has 0 atom stereocenters. The number of oxime groups is 1. The second-order valence-corrected chi connectivity index (χ2v) is 4.48. The van der Waals surface area contributed by atoms with Gasteiger partial charge in [0.05, 0.1) is 24.5 Å². The van der Waals surface area contributed by atoms with Crippen molar-refractivity contribution in [3.8, 4) is 11.4 Å². The highest BCUT2D eigenvalue weighted by molar-refractivity contribution is 6.01. The average Bonchev–Trinajstić information content (AvgIpc) is 2.97. The van der Waals surface area contributed by atoms with E-state index in [1.54, 1.807) is 36.2 Å². The van der Waals surface area contributed by atoms with Crippen molar-refractivity contribution in [2.24, 2.45) is 10.9 Å². The molecule has 1 heterocycles. The van der Waals surface area contributed by atoms with Gasteiger partial charge in [0.2, 0.25) is 0 Å². The van der Waals surface area contributed by atoms with Crippen molar-refractivity contribution < 1.29 is 9.94 Å². The molecule has 1 aromatic heterocycles. The van der Waals surface area contributed by atoms with Crippen molar-refractivity contribution in [2.75, 3.05) is 7.11 Å². The Kier molecular flexibility index (Phi) is 3.19. The summed E-state index contributed by atoms with van der Waals surface area (Å²) in [6, 6.07) is 13.1. The van der Waals surface area contributed by atoms with Gasteiger partial charge in [-0.1, -0.05) is 23.4 Å². The SMILES string of the molecule is COc1ccc(/C(N)=N/O)c(-n2ncc3ccccc32)c1. The van der Waals surface area contributed by atoms with E-state index in [2.05, 4.69) is 10.3 Å². The van der Waals surface area contributed by atoms with Gasteiger partial charge in [0, 0.05) is 17.0 Å². The molecule has 2 aromatic carbocycles. The number of para-hydroxylation sites is 1. The van der Waals surface area contributed by atoms with Gasteiger partial charge in [-0.3, -0.25) is 0 Å². The lowest BCUT2D eigenvalue weighted by molar-refractivity contribution is 0.318. The summed E-state index contributed by atoms with van der Waals surface area (Å²) in [5, 5.41) is 17.4. The van der Waals surface area contributed by atoms with Crippen molar-refractivity contribution in [2.45, 2.75) is 0 Å². The second kappa shape index (κ2) is 5.16. The highest BCUT2D eigenvalue weighted by Gasteiger charge is 2.13. The van der Waals surface area contributed by atoms with Crippen LogP contribution in [0.2, 0.25) is 0 Å². The van der Waals surface area contributed by atoms with Crippen molar-refractivity contribution in [1.29, 1.82) is 0 Å². The molecule has 0 fully saturated rings. The molecular weight excluding hydrogens is 268 g/mol. The van der Waals surface area contributed by atoms with Gasteiger partial charge in [0.25, 0.3) is 0 Å². The van der Waals surface area contributed by atoms with Gasteiger partial charge in [-0.2, -0.15) is 5.10 Å². The van der Waals surface area contributed by atoms with Crippen LogP contribution in [0.25, 0.3) is 16.6 Å². The van der Waals surface area contributed by atoms with Gasteiger partial charge >= 0.3 is 0 Å². The molecule has 0 aliphatic carbocycles. The first-order chi connectivity index (χ1) is 10.2. The molecule has 3 aromatic rings. The van der Waals surface area contributed by atoms with Crippen molar-refractivity contribution in [1.82, 2.24) is 9.78 Å². The lowest BCUT2D eigenvalue weighted by atomic mass is 10.1. The molecule has 0 saturated carbocycles. The van der Waals surface area contributed by atoms with Crippen LogP contribution >= 0.6 is 0 Å². The first-order valence-corrected chi connectivity index (χ1v) is 6.33. The van der Waals surface area contributed by atoms with Gasteiger partial charge in [-0.05, 0) is 18.2 Å². The molecule has 106 valence electrons. The summed E-state index contributed by atoms with van der Waals surface area (Å²) in [7, 11) is 1.59. The molecule has 3 N–H and O–H groups in total. The molecule has 6 heteroatoms. The minimum atomic E-state index is 0.0206. The number of rotatable bonds is 3. The van der Waals surface area contributed by atoms with Gasteiger partial charge in [-0.25, -0.2) is 4.68 Å². The number of amidine groups is 1. The maximum atomic E-state index is 8.95. The summed E-state index contributed by atoms with van der Waals surface area (Å²) < 4.78 is 6.99. The zero-order chi connectivity index (χ0) is 14.8. The maximum absolute atomic E-state index is 8.95. The number of ether oxygens (including phenoxy) is 1. The minimum absolute atomic E-state index is 0.0206. The fourth-order valence-corrected chi connectivity index (χ4v) is 2.25. The van der Waals surface area contributed by atoms with Crippen LogP contribution in [0.15, 0.2) is 53.8 Å². The lowest BCUT2D eigenvalue weighted by Crippen LogP contribution is -2.16. The Morgan fingerprint density at radius 1 is 1.29 bits per heavy atom. The predicted molar refractivity (Wildman–Crippen MR) is 80.1 cm³/mol. The Bertz CT molecular complexity index is 823. The highest BCUT2D eigenvalue weighted by Crippen LogP contribution is 2.24. The molecule has 6 nitrogen and oxygen atoms in total. The number of nitrogens with zero attached hydrogens (tertiary/aromatic N) is 3. The van der Waals surface area contributed by atoms with Gasteiger partial charge in [-0.15, -0.1) is 0 Å². The van der Waals surface area contributed by atoms with Crippen LogP contribution in [0.5, 0.6) is 5.75 Å². The number of aromatic nitrogens is 2. The molecular formula is C15H14N4O2. The minimum Gasteiger partial charge on any atom is -0.497 e. The fourth-order valence-electron chi connectivity index (χ4n) is 2.25. The molecule has 0 unspecified atom stereocenters. The average molecular weight is 282 g/mol. The zero-order valence-corrected chi connectivity index (χ0v) is 11.4. The quantitative estimate of drug-likeness (QED) is 0.333. The van der Waals surface area contributed by atoms with Gasteiger partial charge in [0.1, 0.15) is 5.75 Å². The van der Waals surface area contributed by atoms with E-state index in [1.165, 1.54) is 0 Å². The van der Waals surface area contributed by atoms with Crippen LogP contribution in [-0.4, -0.2) is 27.9 Å². The van der Waals surface area contributed by atoms with E-state index in [-0.39, 0.29) is 5.84 Å². The van der Waals surface area contributed by atoms with Crippen LogP contribution in [0.1, 0.15) is 5.56 Å². The van der Waals surface area contributed by atoms with E-state index in [0.29, 0.717) is 17.0 Å². The third-order valence-corrected chi connectivity index (χ3v) is 3.29. The summed E-state index contributed by atoms with van der Waals surface area (Å²) >= 11 is 0. The zero-order valence-electron chi connectivity index (χ0n) is 11.4. The maximum Gasteiger partial charge on any atom is 0.172 e. The summed E-state index contributed by atoms with van der Waals surface area (Å²) in [6.45, 7) is 0. The largest absolute Gasteiger partial charge is 0.497 e. The van der Waals surface area contributed by atoms with Crippen LogP contribution in [0.3, 0.4) is 0 Å². The van der Waals surface area contributed by atoms with Crippen molar-refractivity contribution in [3.63, 3.8) is 0 Å². The topological polar surface area (TPSA) is 85.7 Å². The number of benzene rings is 2. The molecule has 0 radical (unpaired) electrons. The molecule has 0 aliphatic rings. The monoisotopic (exact) mass is 282 g/mol. The van der Waals surface area contributed by atoms with E-state index in [0.717, 1.165) is 10.9 Å². The van der Waals surface area contributed by atoms with Crippen molar-refractivity contribution in [3.05, 3.63) is 54.2 Å². The Hall–Kier alpha value is -3.02. The van der Waals surface area contributed by atoms with Gasteiger partial charge < -0.3 is 15.7 Å². The summed E-state index contributed by atoms with van der Waals surface area (Å²) in [4.78, 5) is 0. The van der Waals surface area contributed by atoms with Crippen molar-refractivity contribution >= 4 is 16.7 Å². The summed E-state index contributed by atoms with van der Waals surface area (Å²) in [6.07, 6.45) is 1.77. The van der Waals surface area contributed by atoms with E-state index in [1.807, 2.05) is 24.3 Å². The predicted octanol–water partition coefficient (Wildman–Crippen LogP) is 2.13. The van der Waals surface area contributed by atoms with Crippen LogP contribution in [0.4, 0.5) is 0 Å². The highest BCUT2D eigenvalue weighted by atomic mass is 16.5. The first kappa shape index (κ1) is 13.0. The molecule has 0 amide bonds. The molecule has 0 bridgehead atoms. The van der Waals surface area contributed by atoms with Crippen LogP contribution < -0.4 is 10.5 Å². The second-order valence-electron chi connectivity index (χ2n) is 4.48. The fraction of sp³-hybridized carbons (Fsp3) is 0.0667. The van der Waals surface area contributed by atoms with E-state index in [4.69, 9.17) is 15.7 Å². The molecule has 21 heavy (non-hydrogen) atoms. The smallest absolute Gasteiger partial charge is 0.172 e. The number of hydrogen-bond donors (Lipinski definition) is 2. The van der Waals surface area contributed by atoms with E-state index in [9.17, 15) is 0 Å². The molecule has 3 rings (SSSR count). The normalized spacial score (nSPS) is 11.8. The molecule has 0 aliphatic heterocycles. The van der Waals surface area contributed by atoms with E-state index >= 15 is 0 Å². The third kappa shape index (κ3) is 2.16. The molecule has 0 spiro atoms. The van der Waals surface area contributed by atoms with Gasteiger partial charge in [0.15, 0.2) is 5.84 Å². The first-order valence-electron chi connectivity index (χ1n) is 6.33. The number of hydrogen-bond acceptors (Lipinski definition) is 4. The van der Waals surface area contributed by atoms with Crippen LogP contribution in [-0.2, 0) is 0 Å². The Labute approximate surface area is 121 Å². The number of methoxy groups -OCH3 is 1. The lowest BCUT2D eigenvalue weighted by Gasteiger charge is -2.11. The standard InChI is InChI=1S/C15H14N4O2/c1-21-11-6-7-12(15(16)18-20)14(8-11)19-13-5-3-2-4-10(13)9-17-19/h2-9,20H,1H3,(H2,16,18). The Morgan fingerprint density at radius 3 is 2.86 bits per heavy atom. The van der Waals surface area contributed by atoms with E-state index < -0.39 is 0 Å². The van der Waals surface area contributed by atoms with Crippen LogP contribution in [0, 0.1) is 0 Å². The third-order valence-electron chi connectivity index (χ3n) is 3.29. The number of fused-ring (bicyclic) bond motifs is 1. The molecule has 0 saturated heterocycles. The Balaban J connectivity index is 2.29. The number of nitrogens with two attached hydrogens (primary N) is 1.